The Morgan fingerprint density at radius 3 is 2.41 bits per heavy atom. The highest BCUT2D eigenvalue weighted by molar-refractivity contribution is 5.94. The summed E-state index contributed by atoms with van der Waals surface area (Å²) in [6.07, 6.45) is 1.29. The van der Waals surface area contributed by atoms with Crippen molar-refractivity contribution in [3.05, 3.63) is 71.3 Å². The standard InChI is InChI=1S/C18H18N2O2/c19-13-14-8-10-16(11-9-14)18(22)20-17(7-4-12-21)15-5-2-1-3-6-15/h1-3,5-6,8-11,17,21H,4,7,12H2,(H,20,22). The number of aliphatic hydroxyl groups is 1. The number of carbonyl (C=O) groups is 1. The van der Waals surface area contributed by atoms with Gasteiger partial charge >= 0.3 is 0 Å². The van der Waals surface area contributed by atoms with Crippen molar-refractivity contribution in [3.8, 4) is 6.07 Å². The van der Waals surface area contributed by atoms with Gasteiger partial charge in [-0.1, -0.05) is 30.3 Å². The van der Waals surface area contributed by atoms with Gasteiger partial charge in [0.25, 0.3) is 5.91 Å². The number of amides is 1. The number of nitrogens with one attached hydrogen (secondary N) is 1. The third kappa shape index (κ3) is 4.18. The van der Waals surface area contributed by atoms with Gasteiger partial charge in [0.2, 0.25) is 0 Å². The van der Waals surface area contributed by atoms with Gasteiger partial charge in [0, 0.05) is 12.2 Å². The summed E-state index contributed by atoms with van der Waals surface area (Å²) >= 11 is 0. The maximum Gasteiger partial charge on any atom is 0.251 e. The Kier molecular flexibility index (Phi) is 5.70. The summed E-state index contributed by atoms with van der Waals surface area (Å²) < 4.78 is 0. The Labute approximate surface area is 130 Å². The van der Waals surface area contributed by atoms with E-state index in [4.69, 9.17) is 10.4 Å². The molecule has 0 fully saturated rings. The van der Waals surface area contributed by atoms with Crippen molar-refractivity contribution >= 4 is 5.91 Å². The first-order valence-corrected chi connectivity index (χ1v) is 7.21. The van der Waals surface area contributed by atoms with Gasteiger partial charge < -0.3 is 10.4 Å². The molecule has 0 spiro atoms. The second kappa shape index (κ2) is 7.96. The quantitative estimate of drug-likeness (QED) is 0.860. The molecule has 0 saturated heterocycles. The van der Waals surface area contributed by atoms with Crippen molar-refractivity contribution in [2.75, 3.05) is 6.61 Å². The Hall–Kier alpha value is -2.64. The number of hydrogen-bond donors (Lipinski definition) is 2. The molecule has 112 valence electrons. The highest BCUT2D eigenvalue weighted by Gasteiger charge is 2.15. The van der Waals surface area contributed by atoms with Crippen molar-refractivity contribution in [1.29, 1.82) is 5.26 Å². The van der Waals surface area contributed by atoms with Gasteiger partial charge in [0.05, 0.1) is 17.7 Å². The van der Waals surface area contributed by atoms with E-state index < -0.39 is 0 Å². The molecular formula is C18H18N2O2. The lowest BCUT2D eigenvalue weighted by atomic mass is 10.0. The van der Waals surface area contributed by atoms with Crippen LogP contribution >= 0.6 is 0 Å². The SMILES string of the molecule is N#Cc1ccc(C(=O)NC(CCCO)c2ccccc2)cc1. The van der Waals surface area contributed by atoms with Crippen LogP contribution in [-0.4, -0.2) is 17.6 Å². The highest BCUT2D eigenvalue weighted by atomic mass is 16.3. The average Bonchev–Trinajstić information content (AvgIpc) is 2.59. The number of rotatable bonds is 6. The van der Waals surface area contributed by atoms with Crippen LogP contribution < -0.4 is 5.32 Å². The van der Waals surface area contributed by atoms with E-state index in [0.29, 0.717) is 24.0 Å². The van der Waals surface area contributed by atoms with Crippen molar-refractivity contribution in [1.82, 2.24) is 5.32 Å². The van der Waals surface area contributed by atoms with E-state index in [1.54, 1.807) is 24.3 Å². The van der Waals surface area contributed by atoms with Crippen LogP contribution in [-0.2, 0) is 0 Å². The van der Waals surface area contributed by atoms with Gasteiger partial charge in [-0.25, -0.2) is 0 Å². The first-order chi connectivity index (χ1) is 10.7. The fourth-order valence-corrected chi connectivity index (χ4v) is 2.24. The summed E-state index contributed by atoms with van der Waals surface area (Å²) in [5.41, 5.74) is 2.05. The fourth-order valence-electron chi connectivity index (χ4n) is 2.24. The van der Waals surface area contributed by atoms with Gasteiger partial charge in [-0.3, -0.25) is 4.79 Å². The van der Waals surface area contributed by atoms with Gasteiger partial charge in [0.1, 0.15) is 0 Å². The van der Waals surface area contributed by atoms with Gasteiger partial charge in [-0.05, 0) is 42.7 Å². The van der Waals surface area contributed by atoms with Crippen molar-refractivity contribution < 1.29 is 9.90 Å². The van der Waals surface area contributed by atoms with E-state index in [1.165, 1.54) is 0 Å². The molecule has 1 unspecified atom stereocenters. The molecule has 2 aromatic rings. The van der Waals surface area contributed by atoms with E-state index >= 15 is 0 Å². The molecule has 1 atom stereocenters. The minimum atomic E-state index is -0.184. The Morgan fingerprint density at radius 1 is 1.14 bits per heavy atom. The van der Waals surface area contributed by atoms with Crippen LogP contribution in [0.15, 0.2) is 54.6 Å². The summed E-state index contributed by atoms with van der Waals surface area (Å²) in [6.45, 7) is 0.0933. The predicted octanol–water partition coefficient (Wildman–Crippen LogP) is 2.80. The molecule has 2 aromatic carbocycles. The lowest BCUT2D eigenvalue weighted by Crippen LogP contribution is -2.28. The first kappa shape index (κ1) is 15.7. The van der Waals surface area contributed by atoms with E-state index in [0.717, 1.165) is 5.56 Å². The molecule has 0 bridgehead atoms. The van der Waals surface area contributed by atoms with Crippen LogP contribution in [0.1, 0.15) is 40.4 Å². The molecule has 2 N–H and O–H groups in total. The lowest BCUT2D eigenvalue weighted by molar-refractivity contribution is 0.0932. The molecule has 0 saturated carbocycles. The summed E-state index contributed by atoms with van der Waals surface area (Å²) in [5.74, 6) is -0.184. The van der Waals surface area contributed by atoms with Gasteiger partial charge in [-0.2, -0.15) is 5.26 Å². The smallest absolute Gasteiger partial charge is 0.251 e. The largest absolute Gasteiger partial charge is 0.396 e. The van der Waals surface area contributed by atoms with E-state index in [2.05, 4.69) is 5.32 Å². The second-order valence-corrected chi connectivity index (χ2v) is 4.99. The number of carbonyl (C=O) groups excluding carboxylic acids is 1. The molecular weight excluding hydrogens is 276 g/mol. The Balaban J connectivity index is 2.12. The third-order valence-electron chi connectivity index (χ3n) is 3.43. The molecule has 1 amide bonds. The molecule has 0 aliphatic rings. The number of aliphatic hydroxyl groups excluding tert-OH is 1. The van der Waals surface area contributed by atoms with Crippen LogP contribution in [0.3, 0.4) is 0 Å². The average molecular weight is 294 g/mol. The lowest BCUT2D eigenvalue weighted by Gasteiger charge is -2.19. The number of nitriles is 1. The monoisotopic (exact) mass is 294 g/mol. The van der Waals surface area contributed by atoms with E-state index in [-0.39, 0.29) is 18.6 Å². The zero-order chi connectivity index (χ0) is 15.8. The summed E-state index contributed by atoms with van der Waals surface area (Å²) in [6, 6.07) is 18.1. The molecule has 4 heteroatoms. The maximum absolute atomic E-state index is 12.3. The molecule has 0 aliphatic carbocycles. The zero-order valence-electron chi connectivity index (χ0n) is 12.2. The molecule has 0 aromatic heterocycles. The summed E-state index contributed by atoms with van der Waals surface area (Å²) in [4.78, 5) is 12.3. The van der Waals surface area contributed by atoms with Crippen molar-refractivity contribution in [2.45, 2.75) is 18.9 Å². The molecule has 4 nitrogen and oxygen atoms in total. The number of benzene rings is 2. The molecule has 0 aliphatic heterocycles. The highest BCUT2D eigenvalue weighted by Crippen LogP contribution is 2.19. The van der Waals surface area contributed by atoms with Gasteiger partial charge in [-0.15, -0.1) is 0 Å². The molecule has 2 rings (SSSR count). The molecule has 0 radical (unpaired) electrons. The first-order valence-electron chi connectivity index (χ1n) is 7.21. The number of nitrogens with zero attached hydrogens (tertiary/aromatic N) is 1. The van der Waals surface area contributed by atoms with Crippen molar-refractivity contribution in [2.24, 2.45) is 0 Å². The summed E-state index contributed by atoms with van der Waals surface area (Å²) in [7, 11) is 0. The second-order valence-electron chi connectivity index (χ2n) is 4.99. The topological polar surface area (TPSA) is 73.1 Å². The summed E-state index contributed by atoms with van der Waals surface area (Å²) in [5, 5.41) is 20.8. The van der Waals surface area contributed by atoms with Crippen LogP contribution in [0.25, 0.3) is 0 Å². The van der Waals surface area contributed by atoms with Crippen LogP contribution in [0.4, 0.5) is 0 Å². The van der Waals surface area contributed by atoms with E-state index in [1.807, 2.05) is 36.4 Å². The Morgan fingerprint density at radius 2 is 1.82 bits per heavy atom. The minimum Gasteiger partial charge on any atom is -0.396 e. The maximum atomic E-state index is 12.3. The van der Waals surface area contributed by atoms with Crippen molar-refractivity contribution in [3.63, 3.8) is 0 Å². The number of hydrogen-bond acceptors (Lipinski definition) is 3. The fraction of sp³-hybridized carbons (Fsp3) is 0.222. The van der Waals surface area contributed by atoms with E-state index in [9.17, 15) is 4.79 Å². The van der Waals surface area contributed by atoms with Crippen LogP contribution in [0.2, 0.25) is 0 Å². The van der Waals surface area contributed by atoms with Gasteiger partial charge in [0.15, 0.2) is 0 Å². The predicted molar refractivity (Wildman–Crippen MR) is 84.1 cm³/mol. The van der Waals surface area contributed by atoms with Crippen LogP contribution in [0.5, 0.6) is 0 Å². The van der Waals surface area contributed by atoms with Crippen LogP contribution in [0, 0.1) is 11.3 Å². The normalized spacial score (nSPS) is 11.5. The third-order valence-corrected chi connectivity index (χ3v) is 3.43. The Bertz CT molecular complexity index is 645. The zero-order valence-corrected chi connectivity index (χ0v) is 12.2. The molecule has 22 heavy (non-hydrogen) atoms. The minimum absolute atomic E-state index is 0.0933. The molecule has 0 heterocycles.